The maximum absolute atomic E-state index is 13.9. The molecule has 3 amide bonds. The highest BCUT2D eigenvalue weighted by Crippen LogP contribution is 2.35. The van der Waals surface area contributed by atoms with Crippen molar-refractivity contribution in [3.05, 3.63) is 121 Å². The Balaban J connectivity index is 0.924. The Morgan fingerprint density at radius 2 is 1.37 bits per heavy atom. The van der Waals surface area contributed by atoms with Gasteiger partial charge in [0.05, 0.1) is 76.5 Å². The maximum atomic E-state index is 13.9. The molecular weight excluding hydrogens is 793 g/mol. The summed E-state index contributed by atoms with van der Waals surface area (Å²) in [7, 11) is 4.16. The van der Waals surface area contributed by atoms with Gasteiger partial charge < -0.3 is 44.4 Å². The topological polar surface area (TPSA) is 185 Å². The van der Waals surface area contributed by atoms with Crippen molar-refractivity contribution in [2.24, 2.45) is 0 Å². The Kier molecular flexibility index (Phi) is 13.2. The van der Waals surface area contributed by atoms with Crippen molar-refractivity contribution in [3.63, 3.8) is 0 Å². The van der Waals surface area contributed by atoms with Crippen LogP contribution in [0.25, 0.3) is 44.4 Å². The molecular formula is C46H50N8O8. The normalized spacial score (nSPS) is 17.7. The fraction of sp³-hybridized carbons (Fsp3) is 0.326. The SMILES string of the molecule is COC[C@@H](CON1CCOC[C@H]1c1ncc(-c2ccc3cc(-c4ccc(-c5cnc([C@@H]6CCCN6C(=O)[C@H](NC(=O)OC)c6ccccc6)[nH]5)cc4)ccc3c2)[nH]1)NC(=O)OC. The predicted molar refractivity (Wildman–Crippen MR) is 230 cm³/mol. The number of H-pyrrole nitrogens is 2. The Bertz CT molecular complexity index is 2470. The minimum atomic E-state index is -0.879. The number of aromatic nitrogens is 4. The first-order valence-corrected chi connectivity index (χ1v) is 20.6. The molecule has 16 nitrogen and oxygen atoms in total. The second-order valence-corrected chi connectivity index (χ2v) is 15.2. The molecule has 0 bridgehead atoms. The maximum Gasteiger partial charge on any atom is 0.407 e. The first-order chi connectivity index (χ1) is 30.3. The van der Waals surface area contributed by atoms with Gasteiger partial charge in [-0.15, -0.1) is 0 Å². The number of morpholine rings is 1. The zero-order chi connectivity index (χ0) is 43.0. The number of ether oxygens (including phenoxy) is 4. The fourth-order valence-electron chi connectivity index (χ4n) is 8.03. The molecule has 4 aromatic carbocycles. The summed E-state index contributed by atoms with van der Waals surface area (Å²) in [5.74, 6) is 1.21. The molecule has 2 aromatic heterocycles. The van der Waals surface area contributed by atoms with Gasteiger partial charge in [-0.05, 0) is 58.0 Å². The molecule has 16 heteroatoms. The summed E-state index contributed by atoms with van der Waals surface area (Å²) in [4.78, 5) is 62.2. The van der Waals surface area contributed by atoms with Crippen LogP contribution in [0.5, 0.6) is 0 Å². The van der Waals surface area contributed by atoms with E-state index in [9.17, 15) is 14.4 Å². The lowest BCUT2D eigenvalue weighted by atomic mass is 9.98. The highest BCUT2D eigenvalue weighted by atomic mass is 16.7. The first-order valence-electron chi connectivity index (χ1n) is 20.6. The molecule has 8 rings (SSSR count). The van der Waals surface area contributed by atoms with Crippen molar-refractivity contribution in [3.8, 4) is 33.6 Å². The van der Waals surface area contributed by atoms with E-state index in [1.54, 1.807) is 12.0 Å². The minimum Gasteiger partial charge on any atom is -0.453 e. The number of amides is 3. The number of aromatic amines is 2. The number of benzene rings is 4. The van der Waals surface area contributed by atoms with Gasteiger partial charge in [0.15, 0.2) is 0 Å². The number of nitrogens with zero attached hydrogens (tertiary/aromatic N) is 4. The van der Waals surface area contributed by atoms with Crippen molar-refractivity contribution in [2.45, 2.75) is 37.0 Å². The van der Waals surface area contributed by atoms with Crippen LogP contribution in [0, 0.1) is 0 Å². The molecule has 62 heavy (non-hydrogen) atoms. The third-order valence-corrected chi connectivity index (χ3v) is 11.3. The zero-order valence-corrected chi connectivity index (χ0v) is 34.8. The smallest absolute Gasteiger partial charge is 0.407 e. The third-order valence-electron chi connectivity index (χ3n) is 11.3. The molecule has 0 unspecified atom stereocenters. The van der Waals surface area contributed by atoms with Crippen LogP contribution >= 0.6 is 0 Å². The fourth-order valence-corrected chi connectivity index (χ4v) is 8.03. The van der Waals surface area contributed by atoms with Crippen molar-refractivity contribution in [1.29, 1.82) is 0 Å². The van der Waals surface area contributed by atoms with Gasteiger partial charge in [0.2, 0.25) is 0 Å². The van der Waals surface area contributed by atoms with E-state index in [0.717, 1.165) is 57.3 Å². The molecule has 4 N–H and O–H groups in total. The van der Waals surface area contributed by atoms with Crippen molar-refractivity contribution in [1.82, 2.24) is 40.5 Å². The van der Waals surface area contributed by atoms with Crippen LogP contribution < -0.4 is 10.6 Å². The van der Waals surface area contributed by atoms with Crippen LogP contribution in [0.1, 0.15) is 48.2 Å². The van der Waals surface area contributed by atoms with Gasteiger partial charge in [0.25, 0.3) is 5.91 Å². The van der Waals surface area contributed by atoms with Crippen molar-refractivity contribution in [2.75, 3.05) is 60.8 Å². The molecule has 2 saturated heterocycles. The van der Waals surface area contributed by atoms with Crippen LogP contribution in [0.4, 0.5) is 9.59 Å². The van der Waals surface area contributed by atoms with E-state index in [-0.39, 0.29) is 31.2 Å². The molecule has 2 fully saturated rings. The van der Waals surface area contributed by atoms with Crippen molar-refractivity contribution < 1.29 is 38.2 Å². The molecule has 0 spiro atoms. The number of alkyl carbamates (subject to hydrolysis) is 2. The molecule has 0 radical (unpaired) electrons. The standard InChI is InChI=1S/C46H50N8O8/c1-58-26-36(49-45(56)59-2)27-62-54-20-21-61-28-40(54)43-48-25-38(51-43)35-18-17-33-22-32(15-16-34(33)23-35)29-11-13-30(14-12-29)37-24-47-42(50-37)39-10-7-19-53(39)44(55)41(52-46(57)60-3)31-8-5-4-6-9-31/h4-6,8-9,11-18,22-25,36,39-41H,7,10,19-21,26-28H2,1-3H3,(H,47,50)(H,48,51)(H,49,56)(H,52,57)/t36-,39-,40-,41+/m0/s1. The van der Waals surface area contributed by atoms with E-state index in [4.69, 9.17) is 33.8 Å². The van der Waals surface area contributed by atoms with Gasteiger partial charge in [-0.25, -0.2) is 19.6 Å². The number of likely N-dealkylation sites (tertiary alicyclic amines) is 1. The summed E-state index contributed by atoms with van der Waals surface area (Å²) < 4.78 is 20.6. The predicted octanol–water partition coefficient (Wildman–Crippen LogP) is 6.72. The van der Waals surface area contributed by atoms with E-state index < -0.39 is 24.3 Å². The summed E-state index contributed by atoms with van der Waals surface area (Å²) in [5.41, 5.74) is 6.54. The number of hydrogen-bond acceptors (Lipinski definition) is 11. The lowest BCUT2D eigenvalue weighted by Gasteiger charge is -2.34. The summed E-state index contributed by atoms with van der Waals surface area (Å²) in [6, 6.07) is 28.5. The van der Waals surface area contributed by atoms with Gasteiger partial charge in [-0.1, -0.05) is 78.9 Å². The van der Waals surface area contributed by atoms with Crippen LogP contribution in [-0.4, -0.2) is 115 Å². The first kappa shape index (κ1) is 42.1. The van der Waals surface area contributed by atoms with Crippen LogP contribution in [0.15, 0.2) is 103 Å². The Labute approximate surface area is 358 Å². The van der Waals surface area contributed by atoms with E-state index in [2.05, 4.69) is 81.3 Å². The molecule has 4 atom stereocenters. The summed E-state index contributed by atoms with van der Waals surface area (Å²) in [5, 5.41) is 9.47. The average Bonchev–Trinajstić information content (AvgIpc) is 4.12. The second kappa shape index (κ2) is 19.4. The molecule has 0 saturated carbocycles. The average molecular weight is 843 g/mol. The number of methoxy groups -OCH3 is 3. The molecule has 4 heterocycles. The summed E-state index contributed by atoms with van der Waals surface area (Å²) in [6.45, 7) is 2.44. The Hall–Kier alpha value is -6.59. The molecule has 2 aliphatic heterocycles. The highest BCUT2D eigenvalue weighted by molar-refractivity contribution is 5.91. The van der Waals surface area contributed by atoms with E-state index in [1.165, 1.54) is 14.2 Å². The van der Waals surface area contributed by atoms with Crippen LogP contribution in [0.2, 0.25) is 0 Å². The Morgan fingerprint density at radius 3 is 2.08 bits per heavy atom. The molecule has 6 aromatic rings. The van der Waals surface area contributed by atoms with Gasteiger partial charge in [0.1, 0.15) is 23.7 Å². The zero-order valence-electron chi connectivity index (χ0n) is 34.8. The number of imidazole rings is 2. The number of nitrogens with one attached hydrogen (secondary N) is 4. The number of carbonyl (C=O) groups is 3. The number of rotatable bonds is 14. The highest BCUT2D eigenvalue weighted by Gasteiger charge is 2.37. The third kappa shape index (κ3) is 9.48. The van der Waals surface area contributed by atoms with E-state index in [0.29, 0.717) is 43.5 Å². The van der Waals surface area contributed by atoms with E-state index in [1.807, 2.05) is 47.8 Å². The van der Waals surface area contributed by atoms with Gasteiger partial charge in [0, 0.05) is 25.8 Å². The lowest BCUT2D eigenvalue weighted by Crippen LogP contribution is -2.46. The van der Waals surface area contributed by atoms with Gasteiger partial charge >= 0.3 is 12.2 Å². The number of fused-ring (bicyclic) bond motifs is 1. The number of hydrogen-bond donors (Lipinski definition) is 4. The summed E-state index contributed by atoms with van der Waals surface area (Å²) >= 11 is 0. The van der Waals surface area contributed by atoms with Gasteiger partial charge in [-0.3, -0.25) is 9.63 Å². The molecule has 322 valence electrons. The molecule has 0 aliphatic carbocycles. The second-order valence-electron chi connectivity index (χ2n) is 15.2. The monoisotopic (exact) mass is 842 g/mol. The largest absolute Gasteiger partial charge is 0.453 e. The van der Waals surface area contributed by atoms with Crippen LogP contribution in [-0.2, 0) is 28.6 Å². The number of carbonyl (C=O) groups excluding carboxylic acids is 3. The quantitative estimate of drug-likeness (QED) is 0.0913. The Morgan fingerprint density at radius 1 is 0.742 bits per heavy atom. The number of hydroxylamine groups is 2. The van der Waals surface area contributed by atoms with Gasteiger partial charge in [-0.2, -0.15) is 5.06 Å². The lowest BCUT2D eigenvalue weighted by molar-refractivity contribution is -0.233. The minimum absolute atomic E-state index is 0.190. The van der Waals surface area contributed by atoms with Crippen molar-refractivity contribution >= 4 is 28.9 Å². The van der Waals surface area contributed by atoms with E-state index >= 15 is 0 Å². The molecule has 2 aliphatic rings. The van der Waals surface area contributed by atoms with Crippen LogP contribution in [0.3, 0.4) is 0 Å². The summed E-state index contributed by atoms with van der Waals surface area (Å²) in [6.07, 6.45) is 3.98.